The number of hydrogen-bond acceptors (Lipinski definition) is 4. The van der Waals surface area contributed by atoms with Gasteiger partial charge in [-0.15, -0.1) is 0 Å². The average molecular weight is 523 g/mol. The molecule has 1 N–H and O–H groups in total. The highest BCUT2D eigenvalue weighted by Gasteiger charge is 2.21. The molecule has 5 rings (SSSR count). The van der Waals surface area contributed by atoms with Gasteiger partial charge in [-0.1, -0.05) is 83.1 Å². The van der Waals surface area contributed by atoms with Gasteiger partial charge < -0.3 is 5.32 Å². The van der Waals surface area contributed by atoms with Gasteiger partial charge in [0.05, 0.1) is 10.6 Å². The molecule has 0 atom stereocenters. The van der Waals surface area contributed by atoms with Gasteiger partial charge in [0.25, 0.3) is 0 Å². The van der Waals surface area contributed by atoms with E-state index in [-0.39, 0.29) is 0 Å². The van der Waals surface area contributed by atoms with E-state index in [1.807, 2.05) is 36.4 Å². The Morgan fingerprint density at radius 3 is 2.17 bits per heavy atom. The van der Waals surface area contributed by atoms with Gasteiger partial charge in [0, 0.05) is 28.7 Å². The molecule has 1 aliphatic rings. The van der Waals surface area contributed by atoms with E-state index in [4.69, 9.17) is 28.2 Å². The van der Waals surface area contributed by atoms with Gasteiger partial charge in [-0.2, -0.15) is 0 Å². The van der Waals surface area contributed by atoms with E-state index in [1.54, 1.807) is 11.3 Å². The number of halogens is 2. The largest absolute Gasteiger partial charge is 0.361 e. The lowest BCUT2D eigenvalue weighted by molar-refractivity contribution is 0.182. The first-order chi connectivity index (χ1) is 17.0. The van der Waals surface area contributed by atoms with Crippen LogP contribution in [0.1, 0.15) is 24.0 Å². The van der Waals surface area contributed by atoms with Gasteiger partial charge in [-0.3, -0.25) is 4.90 Å². The van der Waals surface area contributed by atoms with Crippen LogP contribution in [-0.2, 0) is 6.54 Å². The summed E-state index contributed by atoms with van der Waals surface area (Å²) < 4.78 is 0. The van der Waals surface area contributed by atoms with Crippen molar-refractivity contribution in [2.75, 3.05) is 25.0 Å². The van der Waals surface area contributed by atoms with Gasteiger partial charge >= 0.3 is 0 Å². The third-order valence-corrected chi connectivity index (χ3v) is 8.32. The van der Waals surface area contributed by atoms with Crippen LogP contribution < -0.4 is 5.32 Å². The molecule has 1 saturated heterocycles. The van der Waals surface area contributed by atoms with Gasteiger partial charge in [0.2, 0.25) is 0 Å². The number of benzene rings is 3. The minimum Gasteiger partial charge on any atom is -0.361 e. The number of nitrogens with one attached hydrogen (secondary N) is 1. The number of nitrogens with zero attached hydrogens (tertiary/aromatic N) is 2. The van der Waals surface area contributed by atoms with Crippen LogP contribution in [0.5, 0.6) is 0 Å². The topological polar surface area (TPSA) is 28.2 Å². The van der Waals surface area contributed by atoms with Crippen molar-refractivity contribution in [3.63, 3.8) is 0 Å². The highest BCUT2D eigenvalue weighted by atomic mass is 35.5. The summed E-state index contributed by atoms with van der Waals surface area (Å²) in [5.41, 5.74) is 5.98. The van der Waals surface area contributed by atoms with E-state index in [1.165, 1.54) is 24.0 Å². The Bertz CT molecular complexity index is 1200. The molecule has 3 nitrogen and oxygen atoms in total. The first kappa shape index (κ1) is 24.3. The van der Waals surface area contributed by atoms with Crippen LogP contribution in [-0.4, -0.2) is 29.5 Å². The molecule has 0 unspecified atom stereocenters. The molecule has 2 heterocycles. The Hall–Kier alpha value is -2.37. The number of aryl methyl sites for hydroxylation is 1. The van der Waals surface area contributed by atoms with Gasteiger partial charge in [0.15, 0.2) is 5.13 Å². The van der Waals surface area contributed by atoms with E-state index >= 15 is 0 Å². The predicted molar refractivity (Wildman–Crippen MR) is 151 cm³/mol. The van der Waals surface area contributed by atoms with Crippen LogP contribution in [0.4, 0.5) is 5.13 Å². The fourth-order valence-corrected chi connectivity index (χ4v) is 5.86. The van der Waals surface area contributed by atoms with E-state index in [0.717, 1.165) is 63.1 Å². The van der Waals surface area contributed by atoms with E-state index in [9.17, 15) is 0 Å². The highest BCUT2D eigenvalue weighted by molar-refractivity contribution is 7.19. The zero-order valence-corrected chi connectivity index (χ0v) is 22.1. The number of rotatable bonds is 7. The van der Waals surface area contributed by atoms with E-state index < -0.39 is 0 Å². The van der Waals surface area contributed by atoms with E-state index in [0.29, 0.717) is 5.92 Å². The summed E-state index contributed by atoms with van der Waals surface area (Å²) in [7, 11) is 0. The molecule has 6 heteroatoms. The fraction of sp³-hybridized carbons (Fsp3) is 0.276. The molecule has 3 aromatic carbocycles. The summed E-state index contributed by atoms with van der Waals surface area (Å²) in [5, 5.41) is 6.07. The number of anilines is 1. The predicted octanol–water partition coefficient (Wildman–Crippen LogP) is 8.42. The zero-order chi connectivity index (χ0) is 24.2. The smallest absolute Gasteiger partial charge is 0.183 e. The maximum absolute atomic E-state index is 6.13. The molecule has 1 aromatic heterocycles. The third-order valence-electron chi connectivity index (χ3n) is 6.76. The van der Waals surface area contributed by atoms with Crippen LogP contribution in [0.3, 0.4) is 0 Å². The first-order valence-corrected chi connectivity index (χ1v) is 13.7. The Morgan fingerprint density at radius 2 is 1.51 bits per heavy atom. The molecule has 1 fully saturated rings. The molecule has 0 radical (unpaired) electrons. The molecule has 0 saturated carbocycles. The van der Waals surface area contributed by atoms with Crippen LogP contribution in [0.15, 0.2) is 72.8 Å². The summed E-state index contributed by atoms with van der Waals surface area (Å²) in [6, 6.07) is 24.6. The normalized spacial score (nSPS) is 14.8. The summed E-state index contributed by atoms with van der Waals surface area (Å²) in [6.45, 7) is 6.49. The van der Waals surface area contributed by atoms with Gasteiger partial charge in [-0.05, 0) is 79.7 Å². The standard InChI is InChI=1S/C29H29Cl2N3S/c1-20-4-2-3-5-24(20)19-34-16-14-21(15-17-34)18-32-29-33-27(22-6-10-25(30)11-7-22)28(35-29)23-8-12-26(31)13-9-23/h2-13,21H,14-19H2,1H3,(H,32,33). The molecular formula is C29H29Cl2N3S. The average Bonchev–Trinajstić information content (AvgIpc) is 3.30. The van der Waals surface area contributed by atoms with Crippen molar-refractivity contribution >= 4 is 39.7 Å². The first-order valence-electron chi connectivity index (χ1n) is 12.1. The summed E-state index contributed by atoms with van der Waals surface area (Å²) in [4.78, 5) is 8.72. The Morgan fingerprint density at radius 1 is 0.886 bits per heavy atom. The number of hydrogen-bond donors (Lipinski definition) is 1. The zero-order valence-electron chi connectivity index (χ0n) is 19.8. The molecule has 0 amide bonds. The van der Waals surface area contributed by atoms with Crippen molar-refractivity contribution in [1.82, 2.24) is 9.88 Å². The monoisotopic (exact) mass is 521 g/mol. The molecule has 35 heavy (non-hydrogen) atoms. The Balaban J connectivity index is 1.25. The van der Waals surface area contributed by atoms with Crippen molar-refractivity contribution in [2.24, 2.45) is 5.92 Å². The molecule has 0 aliphatic carbocycles. The lowest BCUT2D eigenvalue weighted by atomic mass is 9.96. The second-order valence-electron chi connectivity index (χ2n) is 9.24. The quantitative estimate of drug-likeness (QED) is 0.264. The Labute approximate surface area is 221 Å². The number of aromatic nitrogens is 1. The SMILES string of the molecule is Cc1ccccc1CN1CCC(CNc2nc(-c3ccc(Cl)cc3)c(-c3ccc(Cl)cc3)s2)CC1. The van der Waals surface area contributed by atoms with Crippen molar-refractivity contribution in [1.29, 1.82) is 0 Å². The van der Waals surface area contributed by atoms with Crippen molar-refractivity contribution in [3.8, 4) is 21.7 Å². The number of piperidine rings is 1. The van der Waals surface area contributed by atoms with Gasteiger partial charge in [0.1, 0.15) is 0 Å². The lowest BCUT2D eigenvalue weighted by Crippen LogP contribution is -2.35. The van der Waals surface area contributed by atoms with Gasteiger partial charge in [-0.25, -0.2) is 4.98 Å². The van der Waals surface area contributed by atoms with Crippen molar-refractivity contribution in [2.45, 2.75) is 26.3 Å². The van der Waals surface area contributed by atoms with Crippen LogP contribution >= 0.6 is 34.5 Å². The van der Waals surface area contributed by atoms with Crippen LogP contribution in [0.25, 0.3) is 21.7 Å². The number of thiazole rings is 1. The number of likely N-dealkylation sites (tertiary alicyclic amines) is 1. The molecule has 1 aliphatic heterocycles. The molecule has 4 aromatic rings. The van der Waals surface area contributed by atoms with Crippen molar-refractivity contribution < 1.29 is 0 Å². The third kappa shape index (κ3) is 6.07. The molecule has 180 valence electrons. The molecule has 0 bridgehead atoms. The minimum atomic E-state index is 0.657. The summed E-state index contributed by atoms with van der Waals surface area (Å²) >= 11 is 14.0. The fourth-order valence-electron chi connectivity index (χ4n) is 4.60. The second kappa shape index (κ2) is 11.1. The van der Waals surface area contributed by atoms with Crippen molar-refractivity contribution in [3.05, 3.63) is 94.0 Å². The molecular weight excluding hydrogens is 493 g/mol. The highest BCUT2D eigenvalue weighted by Crippen LogP contribution is 2.40. The summed E-state index contributed by atoms with van der Waals surface area (Å²) in [5.74, 6) is 0.657. The summed E-state index contributed by atoms with van der Waals surface area (Å²) in [6.07, 6.45) is 2.41. The van der Waals surface area contributed by atoms with E-state index in [2.05, 4.69) is 53.5 Å². The second-order valence-corrected chi connectivity index (χ2v) is 11.1. The maximum atomic E-state index is 6.13. The maximum Gasteiger partial charge on any atom is 0.183 e. The van der Waals surface area contributed by atoms with Crippen LogP contribution in [0, 0.1) is 12.8 Å². The Kier molecular flexibility index (Phi) is 7.74. The molecule has 0 spiro atoms. The van der Waals surface area contributed by atoms with Crippen LogP contribution in [0.2, 0.25) is 10.0 Å². The lowest BCUT2D eigenvalue weighted by Gasteiger charge is -2.32. The minimum absolute atomic E-state index is 0.657.